The summed E-state index contributed by atoms with van der Waals surface area (Å²) in [6.45, 7) is 5.84. The van der Waals surface area contributed by atoms with Gasteiger partial charge in [0.15, 0.2) is 5.11 Å². The normalized spacial score (nSPS) is 14.7. The molecule has 7 heteroatoms. The number of anilines is 2. The minimum atomic E-state index is -0.286. The second kappa shape index (κ2) is 8.69. The molecule has 0 unspecified atom stereocenters. The van der Waals surface area contributed by atoms with Crippen molar-refractivity contribution in [2.45, 2.75) is 6.92 Å². The van der Waals surface area contributed by atoms with Crippen LogP contribution < -0.4 is 15.5 Å². The molecule has 2 aromatic rings. The van der Waals surface area contributed by atoms with Crippen molar-refractivity contribution in [2.24, 2.45) is 0 Å². The third-order valence-electron chi connectivity index (χ3n) is 4.66. The van der Waals surface area contributed by atoms with Crippen molar-refractivity contribution in [1.29, 1.82) is 0 Å². The molecule has 0 atom stereocenters. The zero-order chi connectivity index (χ0) is 19.4. The number of para-hydroxylation sites is 2. The zero-order valence-corrected chi connectivity index (χ0v) is 17.0. The Hall–Kier alpha value is -2.15. The van der Waals surface area contributed by atoms with Crippen molar-refractivity contribution in [3.8, 4) is 0 Å². The number of carbonyl (C=O) groups excluding carboxylic acids is 1. The number of carbonyl (C=O) groups is 1. The van der Waals surface area contributed by atoms with Crippen LogP contribution in [0, 0.1) is 6.92 Å². The Morgan fingerprint density at radius 1 is 1.11 bits per heavy atom. The van der Waals surface area contributed by atoms with Gasteiger partial charge < -0.3 is 15.1 Å². The molecule has 1 fully saturated rings. The molecule has 3 rings (SSSR count). The first-order valence-corrected chi connectivity index (χ1v) is 9.63. The van der Waals surface area contributed by atoms with Crippen LogP contribution in [0.15, 0.2) is 42.5 Å². The third kappa shape index (κ3) is 4.97. The highest BCUT2D eigenvalue weighted by atomic mass is 35.5. The van der Waals surface area contributed by atoms with Crippen molar-refractivity contribution in [1.82, 2.24) is 10.2 Å². The van der Waals surface area contributed by atoms with Gasteiger partial charge >= 0.3 is 0 Å². The molecule has 0 saturated carbocycles. The van der Waals surface area contributed by atoms with E-state index in [1.807, 2.05) is 31.2 Å². The second-order valence-corrected chi connectivity index (χ2v) is 7.50. The van der Waals surface area contributed by atoms with E-state index in [1.165, 1.54) is 0 Å². The van der Waals surface area contributed by atoms with Gasteiger partial charge in [-0.1, -0.05) is 29.8 Å². The Morgan fingerprint density at radius 2 is 1.81 bits per heavy atom. The van der Waals surface area contributed by atoms with Crippen LogP contribution in [-0.4, -0.2) is 49.1 Å². The minimum Gasteiger partial charge on any atom is -0.367 e. The number of likely N-dealkylation sites (N-methyl/N-ethyl adjacent to an activating group) is 1. The van der Waals surface area contributed by atoms with Crippen LogP contribution in [0.5, 0.6) is 0 Å². The van der Waals surface area contributed by atoms with Crippen LogP contribution in [-0.2, 0) is 0 Å². The molecule has 142 valence electrons. The molecule has 2 N–H and O–H groups in total. The Labute approximate surface area is 170 Å². The van der Waals surface area contributed by atoms with Crippen LogP contribution in [0.3, 0.4) is 0 Å². The summed E-state index contributed by atoms with van der Waals surface area (Å²) in [5.41, 5.74) is 3.37. The smallest absolute Gasteiger partial charge is 0.257 e. The van der Waals surface area contributed by atoms with Gasteiger partial charge in [-0.05, 0) is 56.0 Å². The number of halogens is 1. The molecule has 0 bridgehead atoms. The van der Waals surface area contributed by atoms with E-state index >= 15 is 0 Å². The van der Waals surface area contributed by atoms with E-state index in [4.69, 9.17) is 23.8 Å². The predicted octanol–water partition coefficient (Wildman–Crippen LogP) is 3.53. The van der Waals surface area contributed by atoms with E-state index in [0.29, 0.717) is 10.6 Å². The Kier molecular flexibility index (Phi) is 6.31. The second-order valence-electron chi connectivity index (χ2n) is 6.68. The van der Waals surface area contributed by atoms with Gasteiger partial charge in [0.25, 0.3) is 5.91 Å². The summed E-state index contributed by atoms with van der Waals surface area (Å²) in [5.74, 6) is -0.286. The van der Waals surface area contributed by atoms with E-state index in [2.05, 4.69) is 33.5 Å². The number of nitrogens with one attached hydrogen (secondary N) is 2. The molecule has 5 nitrogen and oxygen atoms in total. The minimum absolute atomic E-state index is 0.262. The van der Waals surface area contributed by atoms with Gasteiger partial charge in [-0.2, -0.15) is 0 Å². The number of rotatable bonds is 3. The Bertz CT molecular complexity index is 850. The molecule has 0 radical (unpaired) electrons. The SMILES string of the molecule is Cc1ccc(C(=O)NC(=S)Nc2ccccc2N2CCN(C)CC2)cc1Cl. The zero-order valence-electron chi connectivity index (χ0n) is 15.5. The van der Waals surface area contributed by atoms with Crippen molar-refractivity contribution in [3.05, 3.63) is 58.6 Å². The average molecular weight is 403 g/mol. The number of benzene rings is 2. The standard InChI is InChI=1S/C20H23ClN4OS/c1-14-7-8-15(13-16(14)21)19(26)23-20(27)22-17-5-3-4-6-18(17)25-11-9-24(2)10-12-25/h3-8,13H,9-12H2,1-2H3,(H2,22,23,26,27). The molecule has 0 aromatic heterocycles. The number of thiocarbonyl (C=S) groups is 1. The number of hydrogen-bond acceptors (Lipinski definition) is 4. The number of nitrogens with zero attached hydrogens (tertiary/aromatic N) is 2. The number of aryl methyl sites for hydroxylation is 1. The Morgan fingerprint density at radius 3 is 2.52 bits per heavy atom. The van der Waals surface area contributed by atoms with Crippen LogP contribution in [0.25, 0.3) is 0 Å². The van der Waals surface area contributed by atoms with Gasteiger partial charge in [-0.25, -0.2) is 0 Å². The summed E-state index contributed by atoms with van der Waals surface area (Å²) >= 11 is 11.5. The van der Waals surface area contributed by atoms with Crippen molar-refractivity contribution in [3.63, 3.8) is 0 Å². The largest absolute Gasteiger partial charge is 0.367 e. The lowest BCUT2D eigenvalue weighted by Crippen LogP contribution is -2.45. The summed E-state index contributed by atoms with van der Waals surface area (Å²) in [7, 11) is 2.13. The molecular formula is C20H23ClN4OS. The topological polar surface area (TPSA) is 47.6 Å². The van der Waals surface area contributed by atoms with Gasteiger partial charge in [0, 0.05) is 36.8 Å². The molecular weight excluding hydrogens is 380 g/mol. The number of hydrogen-bond donors (Lipinski definition) is 2. The molecule has 1 aliphatic heterocycles. The fourth-order valence-electron chi connectivity index (χ4n) is 2.97. The first-order chi connectivity index (χ1) is 12.9. The number of amides is 1. The first kappa shape index (κ1) is 19.6. The maximum atomic E-state index is 12.4. The van der Waals surface area contributed by atoms with Gasteiger partial charge in [0.1, 0.15) is 0 Å². The molecule has 1 saturated heterocycles. The van der Waals surface area contributed by atoms with Gasteiger partial charge in [-0.3, -0.25) is 10.1 Å². The third-order valence-corrected chi connectivity index (χ3v) is 5.27. The highest BCUT2D eigenvalue weighted by Gasteiger charge is 2.17. The van der Waals surface area contributed by atoms with Crippen LogP contribution in [0.4, 0.5) is 11.4 Å². The summed E-state index contributed by atoms with van der Waals surface area (Å²) in [4.78, 5) is 17.1. The van der Waals surface area contributed by atoms with Crippen molar-refractivity contribution >= 4 is 46.2 Å². The monoisotopic (exact) mass is 402 g/mol. The molecule has 0 aliphatic carbocycles. The van der Waals surface area contributed by atoms with Crippen molar-refractivity contribution in [2.75, 3.05) is 43.4 Å². The van der Waals surface area contributed by atoms with Crippen LogP contribution in [0.1, 0.15) is 15.9 Å². The summed E-state index contributed by atoms with van der Waals surface area (Å²) in [6.07, 6.45) is 0. The lowest BCUT2D eigenvalue weighted by molar-refractivity contribution is 0.0977. The summed E-state index contributed by atoms with van der Waals surface area (Å²) in [5, 5.41) is 6.70. The molecule has 0 spiro atoms. The van der Waals surface area contributed by atoms with E-state index < -0.39 is 0 Å². The molecule has 1 aliphatic rings. The highest BCUT2D eigenvalue weighted by Crippen LogP contribution is 2.26. The summed E-state index contributed by atoms with van der Waals surface area (Å²) in [6, 6.07) is 13.2. The highest BCUT2D eigenvalue weighted by molar-refractivity contribution is 7.80. The molecule has 2 aromatic carbocycles. The lowest BCUT2D eigenvalue weighted by Gasteiger charge is -2.35. The molecule has 27 heavy (non-hydrogen) atoms. The van der Waals surface area contributed by atoms with Gasteiger partial charge in [-0.15, -0.1) is 0 Å². The quantitative estimate of drug-likeness (QED) is 0.769. The van der Waals surface area contributed by atoms with E-state index in [0.717, 1.165) is 43.1 Å². The predicted molar refractivity (Wildman–Crippen MR) is 116 cm³/mol. The van der Waals surface area contributed by atoms with E-state index in [1.54, 1.807) is 12.1 Å². The lowest BCUT2D eigenvalue weighted by atomic mass is 10.1. The van der Waals surface area contributed by atoms with Gasteiger partial charge in [0.2, 0.25) is 0 Å². The fraction of sp³-hybridized carbons (Fsp3) is 0.300. The number of piperazine rings is 1. The van der Waals surface area contributed by atoms with E-state index in [9.17, 15) is 4.79 Å². The maximum absolute atomic E-state index is 12.4. The van der Waals surface area contributed by atoms with Gasteiger partial charge in [0.05, 0.1) is 11.4 Å². The van der Waals surface area contributed by atoms with Crippen LogP contribution in [0.2, 0.25) is 5.02 Å². The molecule has 1 amide bonds. The first-order valence-electron chi connectivity index (χ1n) is 8.85. The van der Waals surface area contributed by atoms with Crippen molar-refractivity contribution < 1.29 is 4.79 Å². The fourth-order valence-corrected chi connectivity index (χ4v) is 3.35. The van der Waals surface area contributed by atoms with Crippen LogP contribution >= 0.6 is 23.8 Å². The Balaban J connectivity index is 1.67. The summed E-state index contributed by atoms with van der Waals surface area (Å²) < 4.78 is 0. The average Bonchev–Trinajstić information content (AvgIpc) is 2.65. The van der Waals surface area contributed by atoms with E-state index in [-0.39, 0.29) is 11.0 Å². The maximum Gasteiger partial charge on any atom is 0.257 e. The molecule has 1 heterocycles.